The largest absolute Gasteiger partial charge is 0.376 e. The summed E-state index contributed by atoms with van der Waals surface area (Å²) in [6.07, 6.45) is 3.17. The number of hydrogen-bond donors (Lipinski definition) is 1. The average molecular weight is 465 g/mol. The Morgan fingerprint density at radius 1 is 1.24 bits per heavy atom. The molecule has 4 aromatic rings. The summed E-state index contributed by atoms with van der Waals surface area (Å²) in [5.41, 5.74) is 2.24. The van der Waals surface area contributed by atoms with Gasteiger partial charge in [-0.3, -0.25) is 18.7 Å². The number of nitrogens with zero attached hydrogens (tertiary/aromatic N) is 3. The number of amides is 1. The van der Waals surface area contributed by atoms with Crippen molar-refractivity contribution in [3.63, 3.8) is 0 Å². The molecule has 33 heavy (non-hydrogen) atoms. The Morgan fingerprint density at radius 3 is 2.88 bits per heavy atom. The fourth-order valence-electron chi connectivity index (χ4n) is 4.29. The van der Waals surface area contributed by atoms with E-state index in [9.17, 15) is 14.4 Å². The Balaban J connectivity index is 1.62. The van der Waals surface area contributed by atoms with Crippen molar-refractivity contribution in [1.29, 1.82) is 0 Å². The van der Waals surface area contributed by atoms with Crippen LogP contribution in [0.25, 0.3) is 20.4 Å². The molecule has 1 aliphatic rings. The maximum Gasteiger partial charge on any atom is 0.332 e. The smallest absolute Gasteiger partial charge is 0.332 e. The lowest BCUT2D eigenvalue weighted by atomic mass is 10.1. The second-order valence-electron chi connectivity index (χ2n) is 8.42. The fraction of sp³-hybridized carbons (Fsp3) is 0.333. The third kappa shape index (κ3) is 3.98. The van der Waals surface area contributed by atoms with Crippen LogP contribution in [-0.2, 0) is 22.6 Å². The van der Waals surface area contributed by atoms with E-state index in [0.717, 1.165) is 24.0 Å². The van der Waals surface area contributed by atoms with Crippen molar-refractivity contribution in [2.45, 2.75) is 45.9 Å². The predicted molar refractivity (Wildman–Crippen MR) is 129 cm³/mol. The Bertz CT molecular complexity index is 1490. The lowest BCUT2D eigenvalue weighted by Gasteiger charge is -2.15. The third-order valence-corrected chi connectivity index (χ3v) is 7.08. The quantitative estimate of drug-likeness (QED) is 0.489. The van der Waals surface area contributed by atoms with Gasteiger partial charge in [0.05, 0.1) is 18.2 Å². The fourth-order valence-corrected chi connectivity index (χ4v) is 5.38. The molecule has 1 atom stereocenters. The van der Waals surface area contributed by atoms with Crippen molar-refractivity contribution in [2.24, 2.45) is 0 Å². The van der Waals surface area contributed by atoms with Gasteiger partial charge in [0.1, 0.15) is 16.1 Å². The number of pyridine rings is 1. The van der Waals surface area contributed by atoms with Crippen molar-refractivity contribution in [2.75, 3.05) is 11.9 Å². The van der Waals surface area contributed by atoms with Crippen LogP contribution in [0, 0.1) is 13.8 Å². The van der Waals surface area contributed by atoms with E-state index in [1.807, 2.05) is 38.1 Å². The zero-order valence-corrected chi connectivity index (χ0v) is 19.3. The Hall–Kier alpha value is -3.30. The maximum absolute atomic E-state index is 13.5. The number of carbonyl (C=O) groups is 1. The normalized spacial score (nSPS) is 16.0. The van der Waals surface area contributed by atoms with Gasteiger partial charge in [-0.25, -0.2) is 9.78 Å². The van der Waals surface area contributed by atoms with Gasteiger partial charge < -0.3 is 10.1 Å². The van der Waals surface area contributed by atoms with Gasteiger partial charge in [0.25, 0.3) is 5.56 Å². The van der Waals surface area contributed by atoms with Crippen molar-refractivity contribution in [3.8, 4) is 0 Å². The number of ether oxygens (including phenoxy) is 1. The van der Waals surface area contributed by atoms with E-state index in [0.29, 0.717) is 32.7 Å². The number of aryl methyl sites for hydroxylation is 2. The van der Waals surface area contributed by atoms with Crippen molar-refractivity contribution < 1.29 is 9.53 Å². The Kier molecular flexibility index (Phi) is 5.59. The number of nitrogens with one attached hydrogen (secondary N) is 1. The predicted octanol–water partition coefficient (Wildman–Crippen LogP) is 3.21. The summed E-state index contributed by atoms with van der Waals surface area (Å²) in [7, 11) is 0. The van der Waals surface area contributed by atoms with E-state index in [2.05, 4.69) is 10.3 Å². The molecule has 1 amide bonds. The lowest BCUT2D eigenvalue weighted by Crippen LogP contribution is -2.43. The standard InChI is InChI=1S/C24H24N4O4S/c1-14-7-8-15(2)18(11-14)26-19(29)13-27-20-17-6-3-9-25-22(17)33-21(20)23(30)28(24(27)31)12-16-5-4-10-32-16/h3,6-9,11,16H,4-5,10,12-13H2,1-2H3,(H,26,29)/t16-/m1/s1. The van der Waals surface area contributed by atoms with Crippen LogP contribution in [0.15, 0.2) is 46.1 Å². The lowest BCUT2D eigenvalue weighted by molar-refractivity contribution is -0.116. The van der Waals surface area contributed by atoms with Gasteiger partial charge in [0.2, 0.25) is 5.91 Å². The zero-order chi connectivity index (χ0) is 23.1. The minimum Gasteiger partial charge on any atom is -0.376 e. The Morgan fingerprint density at radius 2 is 2.09 bits per heavy atom. The van der Waals surface area contributed by atoms with Gasteiger partial charge in [-0.05, 0) is 56.0 Å². The number of anilines is 1. The molecule has 1 fully saturated rings. The van der Waals surface area contributed by atoms with Crippen molar-refractivity contribution in [3.05, 3.63) is 68.5 Å². The van der Waals surface area contributed by atoms with E-state index in [-0.39, 0.29) is 30.7 Å². The molecule has 0 aliphatic carbocycles. The molecule has 1 saturated heterocycles. The summed E-state index contributed by atoms with van der Waals surface area (Å²) in [5.74, 6) is -0.336. The van der Waals surface area contributed by atoms with Gasteiger partial charge >= 0.3 is 5.69 Å². The summed E-state index contributed by atoms with van der Waals surface area (Å²) in [6.45, 7) is 4.46. The highest BCUT2D eigenvalue weighted by molar-refractivity contribution is 7.25. The average Bonchev–Trinajstić information content (AvgIpc) is 3.44. The Labute approximate surface area is 193 Å². The van der Waals surface area contributed by atoms with Gasteiger partial charge in [-0.2, -0.15) is 0 Å². The first-order valence-corrected chi connectivity index (χ1v) is 11.7. The maximum atomic E-state index is 13.5. The van der Waals surface area contributed by atoms with E-state index >= 15 is 0 Å². The SMILES string of the molecule is Cc1ccc(C)c(NC(=O)Cn2c(=O)n(C[C@H]3CCCO3)c(=O)c3sc4ncccc4c32)c1. The first-order chi connectivity index (χ1) is 15.9. The number of aromatic nitrogens is 3. The molecular weight excluding hydrogens is 440 g/mol. The van der Waals surface area contributed by atoms with Crippen LogP contribution in [0.3, 0.4) is 0 Å². The topological polar surface area (TPSA) is 95.2 Å². The monoisotopic (exact) mass is 464 g/mol. The second kappa shape index (κ2) is 8.57. The molecule has 8 nitrogen and oxygen atoms in total. The number of thiophene rings is 1. The van der Waals surface area contributed by atoms with Crippen LogP contribution in [0.1, 0.15) is 24.0 Å². The van der Waals surface area contributed by atoms with Crippen LogP contribution in [0.5, 0.6) is 0 Å². The highest BCUT2D eigenvalue weighted by atomic mass is 32.1. The number of rotatable bonds is 5. The molecule has 3 aromatic heterocycles. The first kappa shape index (κ1) is 21.5. The number of benzene rings is 1. The number of fused-ring (bicyclic) bond motifs is 3. The van der Waals surface area contributed by atoms with E-state index in [1.165, 1.54) is 20.5 Å². The third-order valence-electron chi connectivity index (χ3n) is 5.99. The highest BCUT2D eigenvalue weighted by Gasteiger charge is 2.24. The summed E-state index contributed by atoms with van der Waals surface area (Å²) >= 11 is 1.24. The zero-order valence-electron chi connectivity index (χ0n) is 18.5. The summed E-state index contributed by atoms with van der Waals surface area (Å²) < 4.78 is 8.69. The van der Waals surface area contributed by atoms with Crippen molar-refractivity contribution in [1.82, 2.24) is 14.1 Å². The van der Waals surface area contributed by atoms with Gasteiger partial charge in [0.15, 0.2) is 0 Å². The molecule has 5 rings (SSSR count). The second-order valence-corrected chi connectivity index (χ2v) is 9.42. The highest BCUT2D eigenvalue weighted by Crippen LogP contribution is 2.29. The molecule has 0 bridgehead atoms. The van der Waals surface area contributed by atoms with E-state index in [1.54, 1.807) is 12.3 Å². The van der Waals surface area contributed by atoms with E-state index < -0.39 is 5.69 Å². The summed E-state index contributed by atoms with van der Waals surface area (Å²) in [6, 6.07) is 9.40. The van der Waals surface area contributed by atoms with Crippen LogP contribution in [0.4, 0.5) is 5.69 Å². The van der Waals surface area contributed by atoms with Gasteiger partial charge in [-0.1, -0.05) is 12.1 Å². The van der Waals surface area contributed by atoms with Crippen LogP contribution in [-0.4, -0.2) is 32.7 Å². The molecule has 170 valence electrons. The molecule has 1 N–H and O–H groups in total. The van der Waals surface area contributed by atoms with Crippen molar-refractivity contribution >= 4 is 43.4 Å². The minimum absolute atomic E-state index is 0.174. The van der Waals surface area contributed by atoms with E-state index in [4.69, 9.17) is 4.74 Å². The molecule has 4 heterocycles. The number of hydrogen-bond acceptors (Lipinski definition) is 6. The van der Waals surface area contributed by atoms with Gasteiger partial charge in [0, 0.05) is 23.9 Å². The molecule has 0 spiro atoms. The molecular formula is C24H24N4O4S. The molecule has 1 aliphatic heterocycles. The molecule has 0 unspecified atom stereocenters. The first-order valence-electron chi connectivity index (χ1n) is 10.9. The summed E-state index contributed by atoms with van der Waals surface area (Å²) in [4.78, 5) is 44.9. The molecule has 0 saturated carbocycles. The molecule has 0 radical (unpaired) electrons. The van der Waals surface area contributed by atoms with Crippen LogP contribution < -0.4 is 16.6 Å². The van der Waals surface area contributed by atoms with Gasteiger partial charge in [-0.15, -0.1) is 11.3 Å². The van der Waals surface area contributed by atoms with Crippen LogP contribution >= 0.6 is 11.3 Å². The number of carbonyl (C=O) groups excluding carboxylic acids is 1. The van der Waals surface area contributed by atoms with Crippen LogP contribution in [0.2, 0.25) is 0 Å². The molecule has 9 heteroatoms. The minimum atomic E-state index is -0.511. The summed E-state index contributed by atoms with van der Waals surface area (Å²) in [5, 5.41) is 3.61. The molecule has 1 aromatic carbocycles.